The van der Waals surface area contributed by atoms with E-state index in [1.807, 2.05) is 6.92 Å². The lowest BCUT2D eigenvalue weighted by atomic mass is 10.2. The first-order valence-electron chi connectivity index (χ1n) is 5.49. The van der Waals surface area contributed by atoms with Crippen LogP contribution in [0.1, 0.15) is 19.4 Å². The van der Waals surface area contributed by atoms with Gasteiger partial charge in [0.05, 0.1) is 11.0 Å². The minimum atomic E-state index is -0.482. The predicted octanol–water partition coefficient (Wildman–Crippen LogP) is 1.88. The van der Waals surface area contributed by atoms with E-state index in [0.717, 1.165) is 5.56 Å². The van der Waals surface area contributed by atoms with Gasteiger partial charge in [-0.1, -0.05) is 13.0 Å². The molecule has 1 aromatic carbocycles. The van der Waals surface area contributed by atoms with Crippen LogP contribution in [0.4, 0.5) is 11.4 Å². The molecular formula is C11H17N3O3S. The third-order valence-corrected chi connectivity index (χ3v) is 4.03. The summed E-state index contributed by atoms with van der Waals surface area (Å²) in [6.07, 6.45) is -0.389. The van der Waals surface area contributed by atoms with Crippen molar-refractivity contribution in [2.75, 3.05) is 5.43 Å². The number of anilines is 1. The van der Waals surface area contributed by atoms with Gasteiger partial charge in [0.2, 0.25) is 0 Å². The predicted molar refractivity (Wildman–Crippen MR) is 73.3 cm³/mol. The molecule has 0 saturated heterocycles. The summed E-state index contributed by atoms with van der Waals surface area (Å²) < 4.78 is 0. The fourth-order valence-electron chi connectivity index (χ4n) is 1.31. The van der Waals surface area contributed by atoms with Gasteiger partial charge >= 0.3 is 0 Å². The Hall–Kier alpha value is -1.31. The molecule has 0 fully saturated rings. The lowest BCUT2D eigenvalue weighted by Crippen LogP contribution is -2.15. The van der Waals surface area contributed by atoms with E-state index in [2.05, 4.69) is 5.43 Å². The Morgan fingerprint density at radius 1 is 1.56 bits per heavy atom. The molecule has 0 aliphatic heterocycles. The fraction of sp³-hybridized carbons (Fsp3) is 0.455. The topological polar surface area (TPSA) is 101 Å². The van der Waals surface area contributed by atoms with Gasteiger partial charge in [-0.05, 0) is 18.6 Å². The maximum Gasteiger partial charge on any atom is 0.293 e. The van der Waals surface area contributed by atoms with Gasteiger partial charge in [-0.3, -0.25) is 16.0 Å². The lowest BCUT2D eigenvalue weighted by molar-refractivity contribution is -0.384. The number of rotatable bonds is 6. The molecule has 0 saturated carbocycles. The van der Waals surface area contributed by atoms with Crippen molar-refractivity contribution in [3.05, 3.63) is 33.9 Å². The number of nitrogens with one attached hydrogen (secondary N) is 1. The van der Waals surface area contributed by atoms with E-state index in [1.54, 1.807) is 30.8 Å². The zero-order chi connectivity index (χ0) is 13.7. The number of nitrogens with zero attached hydrogens (tertiary/aromatic N) is 1. The molecule has 0 heterocycles. The summed E-state index contributed by atoms with van der Waals surface area (Å²) >= 11 is 1.58. The number of hydrogen-bond donors (Lipinski definition) is 3. The molecule has 4 N–H and O–H groups in total. The van der Waals surface area contributed by atoms with Gasteiger partial charge in [-0.15, -0.1) is 0 Å². The molecule has 7 heteroatoms. The van der Waals surface area contributed by atoms with Crippen molar-refractivity contribution in [3.63, 3.8) is 0 Å². The summed E-state index contributed by atoms with van der Waals surface area (Å²) in [5.74, 6) is 5.93. The summed E-state index contributed by atoms with van der Waals surface area (Å²) in [4.78, 5) is 10.2. The standard InChI is InChI=1S/C11H17N3O3S/c1-7(15)8(2)18-6-9-3-4-11(14(16)17)10(5-9)13-12/h3-5,7-8,13,15H,6,12H2,1-2H3. The first kappa shape index (κ1) is 14.7. The van der Waals surface area contributed by atoms with Crippen molar-refractivity contribution in [2.45, 2.75) is 31.0 Å². The van der Waals surface area contributed by atoms with Gasteiger partial charge in [0.1, 0.15) is 5.69 Å². The molecule has 1 aromatic rings. The second kappa shape index (κ2) is 6.58. The summed E-state index contributed by atoms with van der Waals surface area (Å²) in [6.45, 7) is 3.67. The molecule has 1 rings (SSSR count). The molecule has 0 bridgehead atoms. The molecule has 0 spiro atoms. The zero-order valence-electron chi connectivity index (χ0n) is 10.3. The number of nitrogens with two attached hydrogens (primary N) is 1. The minimum Gasteiger partial charge on any atom is -0.392 e. The normalized spacial score (nSPS) is 14.0. The Balaban J connectivity index is 2.77. The number of nitrogen functional groups attached to an aromatic ring is 1. The second-order valence-electron chi connectivity index (χ2n) is 4.01. The van der Waals surface area contributed by atoms with Crippen LogP contribution in [0.2, 0.25) is 0 Å². The average molecular weight is 271 g/mol. The number of hydrazine groups is 1. The van der Waals surface area contributed by atoms with Crippen LogP contribution in [0, 0.1) is 10.1 Å². The van der Waals surface area contributed by atoms with E-state index < -0.39 is 4.92 Å². The number of nitro groups is 1. The van der Waals surface area contributed by atoms with Crippen LogP contribution >= 0.6 is 11.8 Å². The zero-order valence-corrected chi connectivity index (χ0v) is 11.1. The molecule has 0 aliphatic rings. The molecule has 0 radical (unpaired) electrons. The summed E-state index contributed by atoms with van der Waals surface area (Å²) in [7, 11) is 0. The smallest absolute Gasteiger partial charge is 0.293 e. The number of aliphatic hydroxyl groups excluding tert-OH is 1. The average Bonchev–Trinajstić information content (AvgIpc) is 2.34. The third-order valence-electron chi connectivity index (χ3n) is 2.61. The molecule has 0 aromatic heterocycles. The summed E-state index contributed by atoms with van der Waals surface area (Å²) in [5.41, 5.74) is 3.50. The number of benzene rings is 1. The van der Waals surface area contributed by atoms with E-state index >= 15 is 0 Å². The fourth-order valence-corrected chi connectivity index (χ4v) is 2.23. The van der Waals surface area contributed by atoms with Crippen molar-refractivity contribution in [3.8, 4) is 0 Å². The summed E-state index contributed by atoms with van der Waals surface area (Å²) in [5, 5.41) is 20.2. The van der Waals surface area contributed by atoms with Gasteiger partial charge in [0, 0.05) is 17.1 Å². The molecule has 0 amide bonds. The van der Waals surface area contributed by atoms with Crippen LogP contribution in [0.5, 0.6) is 0 Å². The first-order chi connectivity index (χ1) is 8.45. The highest BCUT2D eigenvalue weighted by Crippen LogP contribution is 2.27. The largest absolute Gasteiger partial charge is 0.392 e. The van der Waals surface area contributed by atoms with Gasteiger partial charge in [0.25, 0.3) is 5.69 Å². The van der Waals surface area contributed by atoms with Gasteiger partial charge in [-0.25, -0.2) is 0 Å². The van der Waals surface area contributed by atoms with E-state index in [1.165, 1.54) is 6.07 Å². The lowest BCUT2D eigenvalue weighted by Gasteiger charge is -2.14. The third kappa shape index (κ3) is 3.86. The van der Waals surface area contributed by atoms with Crippen LogP contribution < -0.4 is 11.3 Å². The Labute approximate surface area is 110 Å². The van der Waals surface area contributed by atoms with Crippen LogP contribution in [-0.2, 0) is 5.75 Å². The highest BCUT2D eigenvalue weighted by Gasteiger charge is 2.14. The Kier molecular flexibility index (Phi) is 5.39. The van der Waals surface area contributed by atoms with Crippen molar-refractivity contribution in [1.82, 2.24) is 0 Å². The number of aliphatic hydroxyl groups is 1. The Bertz CT molecular complexity index is 426. The van der Waals surface area contributed by atoms with Crippen LogP contribution in [0.15, 0.2) is 18.2 Å². The molecular weight excluding hydrogens is 254 g/mol. The van der Waals surface area contributed by atoms with Gasteiger partial charge in [-0.2, -0.15) is 11.8 Å². The monoisotopic (exact) mass is 271 g/mol. The molecule has 0 aliphatic carbocycles. The van der Waals surface area contributed by atoms with Crippen molar-refractivity contribution < 1.29 is 10.0 Å². The molecule has 2 atom stereocenters. The summed E-state index contributed by atoms with van der Waals surface area (Å²) in [6, 6.07) is 4.78. The second-order valence-corrected chi connectivity index (χ2v) is 5.38. The molecule has 100 valence electrons. The maximum absolute atomic E-state index is 10.7. The highest BCUT2D eigenvalue weighted by molar-refractivity contribution is 7.99. The molecule has 6 nitrogen and oxygen atoms in total. The highest BCUT2D eigenvalue weighted by atomic mass is 32.2. The van der Waals surface area contributed by atoms with Crippen molar-refractivity contribution in [1.29, 1.82) is 0 Å². The number of hydrogen-bond acceptors (Lipinski definition) is 6. The first-order valence-corrected chi connectivity index (χ1v) is 6.54. The molecule has 2 unspecified atom stereocenters. The number of nitro benzene ring substituents is 1. The van der Waals surface area contributed by atoms with Crippen molar-refractivity contribution in [2.24, 2.45) is 5.84 Å². The number of thioether (sulfide) groups is 1. The van der Waals surface area contributed by atoms with E-state index in [0.29, 0.717) is 11.4 Å². The van der Waals surface area contributed by atoms with Crippen LogP contribution in [-0.4, -0.2) is 21.4 Å². The van der Waals surface area contributed by atoms with Crippen LogP contribution in [0.25, 0.3) is 0 Å². The van der Waals surface area contributed by atoms with E-state index in [9.17, 15) is 15.2 Å². The maximum atomic E-state index is 10.7. The van der Waals surface area contributed by atoms with Gasteiger partial charge in [0.15, 0.2) is 0 Å². The minimum absolute atomic E-state index is 0.0465. The molecule has 18 heavy (non-hydrogen) atoms. The van der Waals surface area contributed by atoms with Crippen LogP contribution in [0.3, 0.4) is 0 Å². The SMILES string of the molecule is CC(O)C(C)SCc1ccc([N+](=O)[O-])c(NN)c1. The Morgan fingerprint density at radius 2 is 2.22 bits per heavy atom. The van der Waals surface area contributed by atoms with E-state index in [4.69, 9.17) is 5.84 Å². The van der Waals surface area contributed by atoms with Crippen molar-refractivity contribution >= 4 is 23.1 Å². The quantitative estimate of drug-likeness (QED) is 0.415. The Morgan fingerprint density at radius 3 is 2.72 bits per heavy atom. The van der Waals surface area contributed by atoms with Gasteiger partial charge < -0.3 is 10.5 Å². The van der Waals surface area contributed by atoms with E-state index in [-0.39, 0.29) is 17.0 Å².